The molecule has 3 N–H and O–H groups in total. The van der Waals surface area contributed by atoms with E-state index in [0.717, 1.165) is 24.1 Å². The smallest absolute Gasteiger partial charge is 0.338 e. The van der Waals surface area contributed by atoms with Crippen LogP contribution in [0.1, 0.15) is 64.5 Å². The Hall–Kier alpha value is -2.61. The average molecular weight is 445 g/mol. The summed E-state index contributed by atoms with van der Waals surface area (Å²) in [4.78, 5) is 26.9. The van der Waals surface area contributed by atoms with Crippen LogP contribution in [-0.4, -0.2) is 41.2 Å². The molecular formula is C23H32N4O3S. The summed E-state index contributed by atoms with van der Waals surface area (Å²) in [6.07, 6.45) is 5.66. The van der Waals surface area contributed by atoms with Gasteiger partial charge < -0.3 is 25.6 Å². The van der Waals surface area contributed by atoms with E-state index in [2.05, 4.69) is 16.0 Å². The van der Waals surface area contributed by atoms with Gasteiger partial charge in [0, 0.05) is 24.0 Å². The average Bonchev–Trinajstić information content (AvgIpc) is 2.75. The van der Waals surface area contributed by atoms with Gasteiger partial charge in [0.25, 0.3) is 0 Å². The number of rotatable bonds is 6. The minimum Gasteiger partial charge on any atom is -0.463 e. The summed E-state index contributed by atoms with van der Waals surface area (Å²) < 4.78 is 5.31. The number of urea groups is 1. The Morgan fingerprint density at radius 1 is 1.16 bits per heavy atom. The molecule has 1 fully saturated rings. The number of amides is 2. The van der Waals surface area contributed by atoms with Crippen LogP contribution in [0, 0.1) is 0 Å². The monoisotopic (exact) mass is 444 g/mol. The lowest BCUT2D eigenvalue weighted by Gasteiger charge is -2.37. The number of benzene rings is 1. The van der Waals surface area contributed by atoms with Crippen LogP contribution in [0.3, 0.4) is 0 Å². The molecule has 0 spiro atoms. The number of anilines is 1. The molecule has 1 atom stereocenters. The second-order valence-corrected chi connectivity index (χ2v) is 8.29. The van der Waals surface area contributed by atoms with Crippen LogP contribution in [-0.2, 0) is 9.53 Å². The molecule has 1 unspecified atom stereocenters. The molecule has 0 saturated heterocycles. The van der Waals surface area contributed by atoms with Gasteiger partial charge in [-0.3, -0.25) is 0 Å². The Kier molecular flexibility index (Phi) is 7.90. The minimum absolute atomic E-state index is 0.182. The third-order valence-electron chi connectivity index (χ3n) is 5.85. The van der Waals surface area contributed by atoms with Crippen molar-refractivity contribution in [3.05, 3.63) is 41.1 Å². The fourth-order valence-electron chi connectivity index (χ4n) is 4.24. The third-order valence-corrected chi connectivity index (χ3v) is 6.19. The Morgan fingerprint density at radius 3 is 2.45 bits per heavy atom. The summed E-state index contributed by atoms with van der Waals surface area (Å²) in [5.41, 5.74) is 2.92. The van der Waals surface area contributed by atoms with Gasteiger partial charge in [-0.25, -0.2) is 9.59 Å². The van der Waals surface area contributed by atoms with Crippen molar-refractivity contribution in [2.75, 3.05) is 18.5 Å². The number of hydrogen-bond acceptors (Lipinski definition) is 4. The first-order chi connectivity index (χ1) is 14.9. The molecule has 1 aliphatic carbocycles. The molecule has 3 rings (SSSR count). The Labute approximate surface area is 189 Å². The van der Waals surface area contributed by atoms with Crippen LogP contribution in [0.2, 0.25) is 0 Å². The molecule has 1 heterocycles. The lowest BCUT2D eigenvalue weighted by atomic mass is 9.95. The van der Waals surface area contributed by atoms with Gasteiger partial charge in [-0.05, 0) is 63.5 Å². The van der Waals surface area contributed by atoms with Crippen molar-refractivity contribution in [3.63, 3.8) is 0 Å². The first-order valence-electron chi connectivity index (χ1n) is 11.1. The highest BCUT2D eigenvalue weighted by molar-refractivity contribution is 7.80. The molecule has 7 nitrogen and oxygen atoms in total. The topological polar surface area (TPSA) is 82.7 Å². The van der Waals surface area contributed by atoms with E-state index in [1.165, 1.54) is 19.3 Å². The fourth-order valence-corrected chi connectivity index (χ4v) is 4.63. The molecule has 2 amide bonds. The van der Waals surface area contributed by atoms with E-state index in [9.17, 15) is 9.59 Å². The zero-order valence-electron chi connectivity index (χ0n) is 18.5. The standard InChI is InChI=1S/C23H32N4O3S/c1-4-27-15(3)19(21(28)30-5-2)20(26-23(27)31)16-11-13-18(14-12-16)25-22(29)24-17-9-7-6-8-10-17/h11-14,17,20H,4-10H2,1-3H3,(H,26,31)(H2,24,25,29). The first kappa shape index (κ1) is 23.1. The lowest BCUT2D eigenvalue weighted by Crippen LogP contribution is -2.47. The van der Waals surface area contributed by atoms with Crippen LogP contribution in [0.4, 0.5) is 10.5 Å². The quantitative estimate of drug-likeness (QED) is 0.450. The number of nitrogens with one attached hydrogen (secondary N) is 3. The SMILES string of the molecule is CCOC(=O)C1=C(C)N(CC)C(=S)NC1c1ccc(NC(=O)NC2CCCCC2)cc1. The number of nitrogens with zero attached hydrogens (tertiary/aromatic N) is 1. The van der Waals surface area contributed by atoms with Crippen molar-refractivity contribution in [2.24, 2.45) is 0 Å². The molecule has 1 aliphatic heterocycles. The fraction of sp³-hybridized carbons (Fsp3) is 0.522. The highest BCUT2D eigenvalue weighted by Crippen LogP contribution is 2.32. The first-order valence-corrected chi connectivity index (χ1v) is 11.5. The molecule has 0 bridgehead atoms. The normalized spacial score (nSPS) is 19.6. The molecule has 1 saturated carbocycles. The number of hydrogen-bond donors (Lipinski definition) is 3. The largest absolute Gasteiger partial charge is 0.463 e. The van der Waals surface area contributed by atoms with Gasteiger partial charge in [-0.2, -0.15) is 0 Å². The summed E-state index contributed by atoms with van der Waals surface area (Å²) >= 11 is 5.51. The van der Waals surface area contributed by atoms with Crippen LogP contribution in [0.5, 0.6) is 0 Å². The predicted molar refractivity (Wildman–Crippen MR) is 126 cm³/mol. The number of thiocarbonyl (C=S) groups is 1. The third kappa shape index (κ3) is 5.55. The maximum Gasteiger partial charge on any atom is 0.338 e. The Balaban J connectivity index is 1.74. The molecule has 0 aromatic heterocycles. The predicted octanol–water partition coefficient (Wildman–Crippen LogP) is 4.23. The highest BCUT2D eigenvalue weighted by Gasteiger charge is 2.34. The number of allylic oxidation sites excluding steroid dienone is 1. The van der Waals surface area contributed by atoms with Crippen LogP contribution >= 0.6 is 12.2 Å². The van der Waals surface area contributed by atoms with E-state index >= 15 is 0 Å². The summed E-state index contributed by atoms with van der Waals surface area (Å²) in [5, 5.41) is 9.79. The van der Waals surface area contributed by atoms with Gasteiger partial charge in [-0.1, -0.05) is 31.4 Å². The van der Waals surface area contributed by atoms with E-state index in [0.29, 0.717) is 29.5 Å². The zero-order chi connectivity index (χ0) is 22.4. The van der Waals surface area contributed by atoms with Crippen molar-refractivity contribution in [3.8, 4) is 0 Å². The maximum atomic E-state index is 12.7. The van der Waals surface area contributed by atoms with Crippen LogP contribution in [0.25, 0.3) is 0 Å². The van der Waals surface area contributed by atoms with E-state index in [4.69, 9.17) is 17.0 Å². The molecule has 8 heteroatoms. The molecule has 2 aliphatic rings. The van der Waals surface area contributed by atoms with Crippen molar-refractivity contribution in [2.45, 2.75) is 65.0 Å². The number of carbonyl (C=O) groups is 2. The number of esters is 1. The Bertz CT molecular complexity index is 847. The molecule has 1 aromatic rings. The van der Waals surface area contributed by atoms with Crippen molar-refractivity contribution in [1.29, 1.82) is 0 Å². The van der Waals surface area contributed by atoms with Crippen molar-refractivity contribution in [1.82, 2.24) is 15.5 Å². The maximum absolute atomic E-state index is 12.7. The second-order valence-electron chi connectivity index (χ2n) is 7.90. The summed E-state index contributed by atoms with van der Waals surface area (Å²) in [6.45, 7) is 6.63. The Morgan fingerprint density at radius 2 is 1.84 bits per heavy atom. The van der Waals surface area contributed by atoms with E-state index in [-0.39, 0.29) is 18.0 Å². The molecule has 168 valence electrons. The molecule has 1 aromatic carbocycles. The highest BCUT2D eigenvalue weighted by atomic mass is 32.1. The van der Waals surface area contributed by atoms with Gasteiger partial charge in [0.05, 0.1) is 18.2 Å². The van der Waals surface area contributed by atoms with Gasteiger partial charge in [0.15, 0.2) is 5.11 Å². The summed E-state index contributed by atoms with van der Waals surface area (Å²) in [6, 6.07) is 7.13. The molecule has 31 heavy (non-hydrogen) atoms. The van der Waals surface area contributed by atoms with Gasteiger partial charge in [0.2, 0.25) is 0 Å². The van der Waals surface area contributed by atoms with Gasteiger partial charge >= 0.3 is 12.0 Å². The number of ether oxygens (including phenoxy) is 1. The van der Waals surface area contributed by atoms with Crippen molar-refractivity contribution >= 4 is 35.0 Å². The molecular weight excluding hydrogens is 412 g/mol. The minimum atomic E-state index is -0.403. The van der Waals surface area contributed by atoms with E-state index in [1.54, 1.807) is 6.92 Å². The number of carbonyl (C=O) groups excluding carboxylic acids is 2. The lowest BCUT2D eigenvalue weighted by molar-refractivity contribution is -0.139. The van der Waals surface area contributed by atoms with Crippen LogP contribution < -0.4 is 16.0 Å². The van der Waals surface area contributed by atoms with Gasteiger partial charge in [-0.15, -0.1) is 0 Å². The summed E-state index contributed by atoms with van der Waals surface area (Å²) in [5.74, 6) is -0.354. The molecule has 0 radical (unpaired) electrons. The van der Waals surface area contributed by atoms with E-state index < -0.39 is 6.04 Å². The summed E-state index contributed by atoms with van der Waals surface area (Å²) in [7, 11) is 0. The van der Waals surface area contributed by atoms with Gasteiger partial charge in [0.1, 0.15) is 0 Å². The van der Waals surface area contributed by atoms with E-state index in [1.807, 2.05) is 43.0 Å². The van der Waals surface area contributed by atoms with Crippen molar-refractivity contribution < 1.29 is 14.3 Å². The van der Waals surface area contributed by atoms with Crippen LogP contribution in [0.15, 0.2) is 35.5 Å². The zero-order valence-corrected chi connectivity index (χ0v) is 19.3. The second kappa shape index (κ2) is 10.6.